The molecule has 1 aromatic carbocycles. The summed E-state index contributed by atoms with van der Waals surface area (Å²) in [6.45, 7) is 0. The average molecular weight is 454 g/mol. The first-order chi connectivity index (χ1) is 14.5. The molecule has 0 saturated heterocycles. The van der Waals surface area contributed by atoms with Crippen LogP contribution in [-0.2, 0) is 27.6 Å². The lowest BCUT2D eigenvalue weighted by Crippen LogP contribution is -2.35. The van der Waals surface area contributed by atoms with Crippen molar-refractivity contribution in [3.05, 3.63) is 64.9 Å². The van der Waals surface area contributed by atoms with Crippen LogP contribution in [0.4, 0.5) is 23.7 Å². The molecule has 0 bridgehead atoms. The first-order valence-corrected chi connectivity index (χ1v) is 11.0. The van der Waals surface area contributed by atoms with Gasteiger partial charge in [-0.25, -0.2) is 31.4 Å². The fourth-order valence-corrected chi connectivity index (χ4v) is 4.43. The second kappa shape index (κ2) is 7.45. The quantitative estimate of drug-likeness (QED) is 0.588. The predicted octanol–water partition coefficient (Wildman–Crippen LogP) is 2.47. The highest BCUT2D eigenvalue weighted by molar-refractivity contribution is 7.92. The van der Waals surface area contributed by atoms with E-state index in [1.165, 1.54) is 12.1 Å². The topological polar surface area (TPSA) is 116 Å². The maximum absolute atomic E-state index is 14.4. The monoisotopic (exact) mass is 454 g/mol. The Morgan fingerprint density at radius 1 is 1.19 bits per heavy atom. The van der Waals surface area contributed by atoms with Gasteiger partial charge in [0.2, 0.25) is 10.0 Å². The number of nitrogens with one attached hydrogen (secondary N) is 1. The van der Waals surface area contributed by atoms with Crippen molar-refractivity contribution < 1.29 is 31.1 Å². The van der Waals surface area contributed by atoms with E-state index in [4.69, 9.17) is 10.5 Å². The molecule has 0 fully saturated rings. The number of hydrogen-bond donors (Lipinski definition) is 2. The van der Waals surface area contributed by atoms with E-state index in [0.717, 1.165) is 12.3 Å². The smallest absolute Gasteiger partial charge is 0.404 e. The van der Waals surface area contributed by atoms with Gasteiger partial charge in [-0.2, -0.15) is 0 Å². The number of hydrogen-bond acceptors (Lipinski definition) is 5. The highest BCUT2D eigenvalue weighted by Gasteiger charge is 2.37. The van der Waals surface area contributed by atoms with Gasteiger partial charge in [-0.05, 0) is 17.7 Å². The second-order valence-corrected chi connectivity index (χ2v) is 9.05. The number of carbonyl (C=O) groups excluding carboxylic acids is 1. The van der Waals surface area contributed by atoms with Crippen LogP contribution < -0.4 is 10.5 Å². The summed E-state index contributed by atoms with van der Waals surface area (Å²) in [6.07, 6.45) is 0.718. The number of anilines is 1. The van der Waals surface area contributed by atoms with E-state index in [1.54, 1.807) is 10.6 Å². The van der Waals surface area contributed by atoms with Crippen molar-refractivity contribution in [3.8, 4) is 0 Å². The van der Waals surface area contributed by atoms with Gasteiger partial charge in [-0.3, -0.25) is 4.72 Å². The third-order valence-corrected chi connectivity index (χ3v) is 5.68. The molecule has 1 aliphatic carbocycles. The number of ether oxygens (including phenoxy) is 1. The molecule has 0 aliphatic heterocycles. The molecule has 0 unspecified atom stereocenters. The number of rotatable bonds is 4. The fraction of sp³-hybridized carbons (Fsp3) is 0.263. The SMILES string of the molecule is CS(=O)(=O)Nc1ccn2c3c(nc2c1)C[C@H](c1cc(F)c(F)cc1F)[C@H](OC(N)=O)C3. The van der Waals surface area contributed by atoms with E-state index >= 15 is 0 Å². The molecule has 1 aliphatic rings. The zero-order valence-corrected chi connectivity index (χ0v) is 16.9. The number of imidazole rings is 1. The van der Waals surface area contributed by atoms with Gasteiger partial charge in [0.15, 0.2) is 11.6 Å². The van der Waals surface area contributed by atoms with Crippen LogP contribution in [0.5, 0.6) is 0 Å². The molecule has 4 rings (SSSR count). The molecule has 12 heteroatoms. The summed E-state index contributed by atoms with van der Waals surface area (Å²) >= 11 is 0. The van der Waals surface area contributed by atoms with Crippen molar-refractivity contribution in [2.45, 2.75) is 24.9 Å². The maximum atomic E-state index is 14.4. The van der Waals surface area contributed by atoms with E-state index in [-0.39, 0.29) is 18.4 Å². The third kappa shape index (κ3) is 4.15. The lowest BCUT2D eigenvalue weighted by atomic mass is 9.81. The van der Waals surface area contributed by atoms with Crippen LogP contribution in [0.3, 0.4) is 0 Å². The Labute approximate surface area is 174 Å². The van der Waals surface area contributed by atoms with Crippen LogP contribution in [-0.4, -0.2) is 36.3 Å². The number of carbonyl (C=O) groups is 1. The van der Waals surface area contributed by atoms with Crippen LogP contribution in [0.1, 0.15) is 22.9 Å². The standard InChI is InChI=1S/C19H17F3N4O4S/c1-31(28,29)25-9-2-3-26-16-8-17(30-19(23)27)11(6-15(16)24-18(26)4-9)10-5-13(21)14(22)7-12(10)20/h2-5,7,11,17,25H,6,8H2,1H3,(H2,23,27)/t11-,17-/m1/s1. The molecule has 1 amide bonds. The van der Waals surface area contributed by atoms with Crippen molar-refractivity contribution in [1.82, 2.24) is 9.38 Å². The van der Waals surface area contributed by atoms with Crippen LogP contribution in [0.25, 0.3) is 5.65 Å². The van der Waals surface area contributed by atoms with Gasteiger partial charge in [-0.1, -0.05) is 0 Å². The lowest BCUT2D eigenvalue weighted by Gasteiger charge is -2.31. The van der Waals surface area contributed by atoms with Gasteiger partial charge in [0.1, 0.15) is 17.6 Å². The number of benzene rings is 1. The van der Waals surface area contributed by atoms with Crippen molar-refractivity contribution in [1.29, 1.82) is 0 Å². The van der Waals surface area contributed by atoms with E-state index in [0.29, 0.717) is 28.8 Å². The minimum Gasteiger partial charge on any atom is -0.445 e. The van der Waals surface area contributed by atoms with E-state index < -0.39 is 45.6 Å². The lowest BCUT2D eigenvalue weighted by molar-refractivity contribution is 0.0828. The minimum absolute atomic E-state index is 0.0613. The molecule has 0 saturated carbocycles. The molecule has 2 atom stereocenters. The predicted molar refractivity (Wildman–Crippen MR) is 105 cm³/mol. The van der Waals surface area contributed by atoms with Gasteiger partial charge in [0.05, 0.1) is 17.6 Å². The van der Waals surface area contributed by atoms with Crippen LogP contribution in [0.15, 0.2) is 30.5 Å². The van der Waals surface area contributed by atoms with Crippen molar-refractivity contribution in [3.63, 3.8) is 0 Å². The third-order valence-electron chi connectivity index (χ3n) is 5.07. The summed E-state index contributed by atoms with van der Waals surface area (Å²) in [4.78, 5) is 15.9. The Morgan fingerprint density at radius 2 is 1.90 bits per heavy atom. The minimum atomic E-state index is -3.49. The van der Waals surface area contributed by atoms with Crippen LogP contribution in [0.2, 0.25) is 0 Å². The van der Waals surface area contributed by atoms with Gasteiger partial charge in [0.25, 0.3) is 0 Å². The Balaban J connectivity index is 1.78. The first-order valence-electron chi connectivity index (χ1n) is 9.10. The fourth-order valence-electron chi connectivity index (χ4n) is 3.88. The molecule has 0 radical (unpaired) electrons. The molecule has 3 aromatic rings. The van der Waals surface area contributed by atoms with Crippen molar-refractivity contribution in [2.75, 3.05) is 11.0 Å². The molecule has 164 valence electrons. The Morgan fingerprint density at radius 3 is 2.58 bits per heavy atom. The zero-order chi connectivity index (χ0) is 22.5. The number of nitrogens with two attached hydrogens (primary N) is 1. The van der Waals surface area contributed by atoms with E-state index in [9.17, 15) is 26.4 Å². The maximum Gasteiger partial charge on any atom is 0.404 e. The molecule has 8 nitrogen and oxygen atoms in total. The molecule has 31 heavy (non-hydrogen) atoms. The summed E-state index contributed by atoms with van der Waals surface area (Å²) in [5.74, 6) is -4.39. The molecule has 3 N–H and O–H groups in total. The van der Waals surface area contributed by atoms with Gasteiger partial charge in [0, 0.05) is 42.8 Å². The number of nitrogens with zero attached hydrogens (tertiary/aromatic N) is 2. The molecule has 0 spiro atoms. The average Bonchev–Trinajstić information content (AvgIpc) is 2.99. The largest absolute Gasteiger partial charge is 0.445 e. The Kier molecular flexibility index (Phi) is 5.04. The number of sulfonamides is 1. The Hall–Kier alpha value is -3.28. The first kappa shape index (κ1) is 21.0. The van der Waals surface area contributed by atoms with Crippen LogP contribution in [0, 0.1) is 17.5 Å². The highest BCUT2D eigenvalue weighted by Crippen LogP contribution is 2.37. The molecular weight excluding hydrogens is 437 g/mol. The van der Waals surface area contributed by atoms with Gasteiger partial charge < -0.3 is 14.9 Å². The number of fused-ring (bicyclic) bond motifs is 3. The number of amides is 1. The summed E-state index contributed by atoms with van der Waals surface area (Å²) in [6, 6.07) is 4.22. The van der Waals surface area contributed by atoms with E-state index in [1.807, 2.05) is 0 Å². The van der Waals surface area contributed by atoms with E-state index in [2.05, 4.69) is 9.71 Å². The van der Waals surface area contributed by atoms with Crippen molar-refractivity contribution in [2.24, 2.45) is 5.73 Å². The highest BCUT2D eigenvalue weighted by atomic mass is 32.2. The second-order valence-electron chi connectivity index (χ2n) is 7.30. The van der Waals surface area contributed by atoms with Crippen molar-refractivity contribution >= 4 is 27.5 Å². The van der Waals surface area contributed by atoms with Gasteiger partial charge >= 0.3 is 6.09 Å². The number of aromatic nitrogens is 2. The molecular formula is C19H17F3N4O4S. The summed E-state index contributed by atoms with van der Waals surface area (Å²) in [5, 5.41) is 0. The summed E-state index contributed by atoms with van der Waals surface area (Å²) in [5.41, 5.74) is 6.88. The normalized spacial score (nSPS) is 18.6. The Bertz CT molecular complexity index is 1310. The number of pyridine rings is 1. The van der Waals surface area contributed by atoms with Crippen LogP contribution >= 0.6 is 0 Å². The summed E-state index contributed by atoms with van der Waals surface area (Å²) in [7, 11) is -3.49. The number of primary amides is 1. The molecule has 2 aromatic heterocycles. The molecule has 2 heterocycles. The zero-order valence-electron chi connectivity index (χ0n) is 16.1. The number of halogens is 3. The summed E-state index contributed by atoms with van der Waals surface area (Å²) < 4.78 is 73.8. The van der Waals surface area contributed by atoms with Gasteiger partial charge in [-0.15, -0.1) is 0 Å².